The van der Waals surface area contributed by atoms with Crippen molar-refractivity contribution in [3.05, 3.63) is 23.8 Å². The molecule has 0 aromatic heterocycles. The maximum Gasteiger partial charge on any atom is 0.393 e. The minimum Gasteiger partial charge on any atom is -0.497 e. The monoisotopic (exact) mass is 289 g/mol. The third-order valence-electron chi connectivity index (χ3n) is 3.65. The molecule has 1 N–H and O–H groups in total. The number of hydrogen-bond acceptors (Lipinski definition) is 3. The van der Waals surface area contributed by atoms with E-state index in [4.69, 9.17) is 9.47 Å². The smallest absolute Gasteiger partial charge is 0.393 e. The molecule has 2 unspecified atom stereocenters. The van der Waals surface area contributed by atoms with Crippen LogP contribution in [0.4, 0.5) is 13.2 Å². The first kappa shape index (κ1) is 15.0. The molecule has 1 aliphatic rings. The highest BCUT2D eigenvalue weighted by Gasteiger charge is 2.41. The minimum absolute atomic E-state index is 0.0479. The van der Waals surface area contributed by atoms with Crippen LogP contribution in [0.15, 0.2) is 18.2 Å². The predicted molar refractivity (Wildman–Crippen MR) is 69.1 cm³/mol. The average Bonchev–Trinajstić information content (AvgIpc) is 2.46. The lowest BCUT2D eigenvalue weighted by Crippen LogP contribution is -2.40. The van der Waals surface area contributed by atoms with Gasteiger partial charge in [-0.3, -0.25) is 0 Å². The van der Waals surface area contributed by atoms with Crippen LogP contribution in [0.5, 0.6) is 11.5 Å². The quantitative estimate of drug-likeness (QED) is 0.926. The summed E-state index contributed by atoms with van der Waals surface area (Å²) in [6.45, 7) is -0.0479. The van der Waals surface area contributed by atoms with Crippen molar-refractivity contribution in [2.45, 2.75) is 25.1 Å². The molecule has 0 saturated carbocycles. The van der Waals surface area contributed by atoms with Crippen LogP contribution in [0, 0.1) is 5.92 Å². The molecule has 0 spiro atoms. The first-order chi connectivity index (χ1) is 9.44. The minimum atomic E-state index is -4.12. The molecule has 1 aliphatic heterocycles. The summed E-state index contributed by atoms with van der Waals surface area (Å²) < 4.78 is 48.2. The van der Waals surface area contributed by atoms with E-state index in [0.29, 0.717) is 17.9 Å². The number of rotatable bonds is 3. The number of hydrogen-bond donors (Lipinski definition) is 1. The first-order valence-electron chi connectivity index (χ1n) is 6.47. The Morgan fingerprint density at radius 2 is 1.65 bits per heavy atom. The van der Waals surface area contributed by atoms with Gasteiger partial charge in [-0.1, -0.05) is 0 Å². The van der Waals surface area contributed by atoms with E-state index in [1.54, 1.807) is 20.3 Å². The van der Waals surface area contributed by atoms with Gasteiger partial charge in [0, 0.05) is 18.7 Å². The van der Waals surface area contributed by atoms with Crippen LogP contribution >= 0.6 is 0 Å². The van der Waals surface area contributed by atoms with Crippen LogP contribution in [0.1, 0.15) is 24.4 Å². The zero-order chi connectivity index (χ0) is 14.8. The highest BCUT2D eigenvalue weighted by molar-refractivity contribution is 5.40. The van der Waals surface area contributed by atoms with Gasteiger partial charge >= 0.3 is 6.18 Å². The van der Waals surface area contributed by atoms with Crippen LogP contribution < -0.4 is 14.8 Å². The van der Waals surface area contributed by atoms with E-state index in [1.165, 1.54) is 0 Å². The Morgan fingerprint density at radius 3 is 2.05 bits per heavy atom. The topological polar surface area (TPSA) is 30.5 Å². The summed E-state index contributed by atoms with van der Waals surface area (Å²) >= 11 is 0. The maximum atomic E-state index is 12.6. The predicted octanol–water partition coefficient (Wildman–Crippen LogP) is 3.31. The van der Waals surface area contributed by atoms with Crippen LogP contribution in [0.3, 0.4) is 0 Å². The molecule has 20 heavy (non-hydrogen) atoms. The maximum absolute atomic E-state index is 12.6. The van der Waals surface area contributed by atoms with E-state index >= 15 is 0 Å². The van der Waals surface area contributed by atoms with Crippen LogP contribution in [0.25, 0.3) is 0 Å². The Labute approximate surface area is 116 Å². The number of benzene rings is 1. The molecule has 0 amide bonds. The van der Waals surface area contributed by atoms with Crippen molar-refractivity contribution < 1.29 is 22.6 Å². The lowest BCUT2D eigenvalue weighted by molar-refractivity contribution is -0.179. The van der Waals surface area contributed by atoms with Gasteiger partial charge in [0.15, 0.2) is 0 Å². The molecule has 1 saturated heterocycles. The molecule has 2 rings (SSSR count). The summed E-state index contributed by atoms with van der Waals surface area (Å²) in [6.07, 6.45) is -3.54. The van der Waals surface area contributed by atoms with Gasteiger partial charge in [0.1, 0.15) is 11.5 Å². The van der Waals surface area contributed by atoms with Crippen molar-refractivity contribution in [1.82, 2.24) is 5.32 Å². The average molecular weight is 289 g/mol. The van der Waals surface area contributed by atoms with Gasteiger partial charge in [-0.25, -0.2) is 0 Å². The van der Waals surface area contributed by atoms with Crippen molar-refractivity contribution in [3.63, 3.8) is 0 Å². The lowest BCUT2D eigenvalue weighted by Gasteiger charge is -2.31. The van der Waals surface area contributed by atoms with Crippen LogP contribution in [0.2, 0.25) is 0 Å². The molecule has 1 aromatic carbocycles. The third-order valence-corrected chi connectivity index (χ3v) is 3.65. The summed E-state index contributed by atoms with van der Waals surface area (Å²) in [5.74, 6) is 0.0180. The highest BCUT2D eigenvalue weighted by Crippen LogP contribution is 2.37. The van der Waals surface area contributed by atoms with Gasteiger partial charge in [-0.2, -0.15) is 13.2 Å². The first-order valence-corrected chi connectivity index (χ1v) is 6.47. The van der Waals surface area contributed by atoms with Gasteiger partial charge in [0.2, 0.25) is 0 Å². The Morgan fingerprint density at radius 1 is 1.05 bits per heavy atom. The Bertz CT molecular complexity index is 432. The van der Waals surface area contributed by atoms with Crippen LogP contribution in [-0.2, 0) is 0 Å². The molecule has 112 valence electrons. The molecule has 0 aliphatic carbocycles. The number of alkyl halides is 3. The molecule has 1 heterocycles. The Hall–Kier alpha value is -1.43. The summed E-state index contributed by atoms with van der Waals surface area (Å²) in [5.41, 5.74) is 0.891. The molecule has 3 nitrogen and oxygen atoms in total. The van der Waals surface area contributed by atoms with Gasteiger partial charge in [0.05, 0.1) is 20.1 Å². The summed E-state index contributed by atoms with van der Waals surface area (Å²) in [4.78, 5) is 0. The van der Waals surface area contributed by atoms with E-state index < -0.39 is 12.1 Å². The van der Waals surface area contributed by atoms with Crippen molar-refractivity contribution in [1.29, 1.82) is 0 Å². The Kier molecular flexibility index (Phi) is 4.42. The highest BCUT2D eigenvalue weighted by atomic mass is 19.4. The number of halogens is 3. The van der Waals surface area contributed by atoms with E-state index in [0.717, 1.165) is 5.56 Å². The SMILES string of the molecule is COc1cc(OC)cc(C2CCC(C(F)(F)F)CN2)c1. The fourth-order valence-corrected chi connectivity index (χ4v) is 2.45. The second kappa shape index (κ2) is 5.91. The fraction of sp³-hybridized carbons (Fsp3) is 0.571. The third kappa shape index (κ3) is 3.36. The number of nitrogens with one attached hydrogen (secondary N) is 1. The fourth-order valence-electron chi connectivity index (χ4n) is 2.45. The molecule has 0 bridgehead atoms. The number of methoxy groups -OCH3 is 2. The van der Waals surface area contributed by atoms with E-state index in [1.807, 2.05) is 12.1 Å². The molecule has 2 atom stereocenters. The van der Waals surface area contributed by atoms with Crippen molar-refractivity contribution >= 4 is 0 Å². The molecule has 6 heteroatoms. The lowest BCUT2D eigenvalue weighted by atomic mass is 9.90. The molecule has 1 aromatic rings. The number of ether oxygens (including phenoxy) is 2. The largest absolute Gasteiger partial charge is 0.497 e. The molecule has 1 fully saturated rings. The summed E-state index contributed by atoms with van der Waals surface area (Å²) in [6, 6.07) is 5.30. The summed E-state index contributed by atoms with van der Waals surface area (Å²) in [5, 5.41) is 2.96. The van der Waals surface area contributed by atoms with Crippen LogP contribution in [-0.4, -0.2) is 26.9 Å². The zero-order valence-electron chi connectivity index (χ0n) is 11.5. The van der Waals surface area contributed by atoms with Crippen molar-refractivity contribution in [2.75, 3.05) is 20.8 Å². The second-order valence-corrected chi connectivity index (χ2v) is 4.92. The van der Waals surface area contributed by atoms with Gasteiger partial charge < -0.3 is 14.8 Å². The molecular formula is C14H18F3NO2. The van der Waals surface area contributed by atoms with Gasteiger partial charge in [-0.15, -0.1) is 0 Å². The van der Waals surface area contributed by atoms with Gasteiger partial charge in [-0.05, 0) is 30.5 Å². The van der Waals surface area contributed by atoms with Crippen molar-refractivity contribution in [2.24, 2.45) is 5.92 Å². The standard InChI is InChI=1S/C14H18F3NO2/c1-19-11-5-9(6-12(7-11)20-2)13-4-3-10(8-18-13)14(15,16)17/h5-7,10,13,18H,3-4,8H2,1-2H3. The zero-order valence-corrected chi connectivity index (χ0v) is 11.5. The van der Waals surface area contributed by atoms with E-state index in [-0.39, 0.29) is 19.0 Å². The van der Waals surface area contributed by atoms with Gasteiger partial charge in [0.25, 0.3) is 0 Å². The number of piperidine rings is 1. The molecule has 0 radical (unpaired) electrons. The van der Waals surface area contributed by atoms with E-state index in [2.05, 4.69) is 5.32 Å². The Balaban J connectivity index is 2.10. The van der Waals surface area contributed by atoms with E-state index in [9.17, 15) is 13.2 Å². The molecular weight excluding hydrogens is 271 g/mol. The van der Waals surface area contributed by atoms with Crippen molar-refractivity contribution in [3.8, 4) is 11.5 Å². The summed E-state index contributed by atoms with van der Waals surface area (Å²) in [7, 11) is 3.10. The normalized spacial score (nSPS) is 23.4. The second-order valence-electron chi connectivity index (χ2n) is 4.92.